The summed E-state index contributed by atoms with van der Waals surface area (Å²) in [5.41, 5.74) is 1.38. The molecule has 0 bridgehead atoms. The summed E-state index contributed by atoms with van der Waals surface area (Å²) in [4.78, 5) is 34.5. The molecule has 1 amide bonds. The molecule has 1 atom stereocenters. The van der Waals surface area contributed by atoms with Crippen LogP contribution in [0.2, 0.25) is 0 Å². The van der Waals surface area contributed by atoms with E-state index in [1.165, 1.54) is 0 Å². The molecule has 1 fully saturated rings. The Morgan fingerprint density at radius 3 is 2.39 bits per heavy atom. The van der Waals surface area contributed by atoms with Crippen LogP contribution in [0.5, 0.6) is 0 Å². The molecule has 1 saturated carbocycles. The van der Waals surface area contributed by atoms with Crippen LogP contribution in [0.1, 0.15) is 71.2 Å². The van der Waals surface area contributed by atoms with Gasteiger partial charge in [0.25, 0.3) is 5.56 Å². The number of para-hydroxylation sites is 2. The molecule has 4 rings (SSSR count). The maximum atomic E-state index is 13.7. The summed E-state index contributed by atoms with van der Waals surface area (Å²) < 4.78 is 1.72. The minimum atomic E-state index is -0.255. The first-order valence-electron chi connectivity index (χ1n) is 12.4. The van der Waals surface area contributed by atoms with Gasteiger partial charge in [-0.05, 0) is 55.9 Å². The summed E-state index contributed by atoms with van der Waals surface area (Å²) in [5, 5.41) is 0.593. The van der Waals surface area contributed by atoms with Crippen LogP contribution in [0.15, 0.2) is 59.4 Å². The van der Waals surface area contributed by atoms with E-state index in [-0.39, 0.29) is 23.4 Å². The van der Waals surface area contributed by atoms with Crippen LogP contribution in [0, 0.1) is 11.8 Å². The molecular formula is C28H35N3O2. The van der Waals surface area contributed by atoms with Crippen molar-refractivity contribution in [3.8, 4) is 5.69 Å². The average molecular weight is 446 g/mol. The molecule has 1 aliphatic carbocycles. The Bertz CT molecular complexity index is 1150. The number of nitrogens with zero attached hydrogens (tertiary/aromatic N) is 3. The highest BCUT2D eigenvalue weighted by Gasteiger charge is 2.34. The number of fused-ring (bicyclic) bond motifs is 1. The van der Waals surface area contributed by atoms with E-state index in [0.29, 0.717) is 35.6 Å². The van der Waals surface area contributed by atoms with Gasteiger partial charge >= 0.3 is 0 Å². The Morgan fingerprint density at radius 1 is 1.06 bits per heavy atom. The van der Waals surface area contributed by atoms with Crippen LogP contribution in [0.25, 0.3) is 16.6 Å². The summed E-state index contributed by atoms with van der Waals surface area (Å²) >= 11 is 0. The fourth-order valence-electron chi connectivity index (χ4n) is 4.97. The number of hydrogen-bond donors (Lipinski definition) is 0. The second-order valence-corrected chi connectivity index (χ2v) is 9.58. The number of carbonyl (C=O) groups excluding carboxylic acids is 1. The Kier molecular flexibility index (Phi) is 7.26. The number of aromatic nitrogens is 2. The number of carbonyl (C=O) groups is 1. The summed E-state index contributed by atoms with van der Waals surface area (Å²) in [5.74, 6) is 1.45. The van der Waals surface area contributed by atoms with Crippen LogP contribution in [-0.2, 0) is 4.79 Å². The van der Waals surface area contributed by atoms with Gasteiger partial charge in [-0.3, -0.25) is 14.2 Å². The Morgan fingerprint density at radius 2 is 1.73 bits per heavy atom. The van der Waals surface area contributed by atoms with Crippen LogP contribution < -0.4 is 5.56 Å². The summed E-state index contributed by atoms with van der Waals surface area (Å²) in [7, 11) is 0. The SMILES string of the molecule is CCC(c1nc2ccccc2c(=O)n1-c1ccccc1)N(CCC(C)C)C(=O)C1CCCC1. The Balaban J connectivity index is 1.88. The normalized spacial score (nSPS) is 15.3. The number of amides is 1. The van der Waals surface area contributed by atoms with E-state index in [0.717, 1.165) is 37.8 Å². The van der Waals surface area contributed by atoms with Gasteiger partial charge in [-0.2, -0.15) is 0 Å². The fraction of sp³-hybridized carbons (Fsp3) is 0.464. The van der Waals surface area contributed by atoms with E-state index in [9.17, 15) is 9.59 Å². The number of rotatable bonds is 8. The highest BCUT2D eigenvalue weighted by molar-refractivity contribution is 5.80. The minimum absolute atomic E-state index is 0.0858. The molecule has 0 saturated heterocycles. The molecule has 2 aromatic carbocycles. The summed E-state index contributed by atoms with van der Waals surface area (Å²) in [6, 6.07) is 16.9. The standard InChI is InChI=1S/C28H35N3O2/c1-4-25(30(19-18-20(2)3)27(32)21-12-8-9-13-21)26-29-24-17-11-10-16-23(24)28(33)31(26)22-14-6-5-7-15-22/h5-7,10-11,14-17,20-21,25H,4,8-9,12-13,18-19H2,1-3H3. The first-order chi connectivity index (χ1) is 16.0. The van der Waals surface area contributed by atoms with Gasteiger partial charge in [0.2, 0.25) is 5.91 Å². The lowest BCUT2D eigenvalue weighted by molar-refractivity contribution is -0.138. The lowest BCUT2D eigenvalue weighted by Crippen LogP contribution is -2.42. The van der Waals surface area contributed by atoms with Gasteiger partial charge in [0.1, 0.15) is 5.82 Å². The second-order valence-electron chi connectivity index (χ2n) is 9.58. The smallest absolute Gasteiger partial charge is 0.266 e. The number of hydrogen-bond acceptors (Lipinski definition) is 3. The van der Waals surface area contributed by atoms with Crippen LogP contribution in [0.3, 0.4) is 0 Å². The van der Waals surface area contributed by atoms with Crippen molar-refractivity contribution in [2.75, 3.05) is 6.54 Å². The van der Waals surface area contributed by atoms with Crippen molar-refractivity contribution >= 4 is 16.8 Å². The maximum absolute atomic E-state index is 13.7. The highest BCUT2D eigenvalue weighted by atomic mass is 16.2. The third-order valence-electron chi connectivity index (χ3n) is 6.81. The molecule has 5 heteroatoms. The highest BCUT2D eigenvalue weighted by Crippen LogP contribution is 2.32. The van der Waals surface area contributed by atoms with E-state index in [2.05, 4.69) is 20.8 Å². The maximum Gasteiger partial charge on any atom is 0.266 e. The van der Waals surface area contributed by atoms with E-state index in [4.69, 9.17) is 4.98 Å². The van der Waals surface area contributed by atoms with Gasteiger partial charge in [-0.15, -0.1) is 0 Å². The molecule has 0 aliphatic heterocycles. The molecule has 1 heterocycles. The van der Waals surface area contributed by atoms with Crippen molar-refractivity contribution < 1.29 is 4.79 Å². The van der Waals surface area contributed by atoms with Crippen LogP contribution in [-0.4, -0.2) is 26.9 Å². The molecule has 174 valence electrons. The molecule has 0 N–H and O–H groups in total. The molecule has 5 nitrogen and oxygen atoms in total. The summed E-state index contributed by atoms with van der Waals surface area (Å²) in [6.07, 6.45) is 5.79. The van der Waals surface area contributed by atoms with Crippen molar-refractivity contribution in [2.45, 2.75) is 65.3 Å². The van der Waals surface area contributed by atoms with E-state index in [1.54, 1.807) is 4.57 Å². The minimum Gasteiger partial charge on any atom is -0.332 e. The third kappa shape index (κ3) is 4.87. The van der Waals surface area contributed by atoms with E-state index in [1.807, 2.05) is 59.5 Å². The van der Waals surface area contributed by atoms with E-state index < -0.39 is 0 Å². The topological polar surface area (TPSA) is 55.2 Å². The van der Waals surface area contributed by atoms with Gasteiger partial charge in [-0.25, -0.2) is 4.98 Å². The first kappa shape index (κ1) is 23.2. The zero-order chi connectivity index (χ0) is 23.4. The largest absolute Gasteiger partial charge is 0.332 e. The van der Waals surface area contributed by atoms with Crippen molar-refractivity contribution in [3.63, 3.8) is 0 Å². The quantitative estimate of drug-likeness (QED) is 0.434. The lowest BCUT2D eigenvalue weighted by Gasteiger charge is -2.34. The zero-order valence-corrected chi connectivity index (χ0v) is 20.0. The second kappa shape index (κ2) is 10.3. The zero-order valence-electron chi connectivity index (χ0n) is 20.0. The van der Waals surface area contributed by atoms with Gasteiger partial charge in [-0.1, -0.05) is 63.9 Å². The molecule has 1 aliphatic rings. The molecule has 3 aromatic rings. The van der Waals surface area contributed by atoms with E-state index >= 15 is 0 Å². The molecule has 0 radical (unpaired) electrons. The Labute approximate surface area is 196 Å². The molecule has 0 spiro atoms. The van der Waals surface area contributed by atoms with Crippen molar-refractivity contribution in [1.29, 1.82) is 0 Å². The number of benzene rings is 2. The lowest BCUT2D eigenvalue weighted by atomic mass is 10.0. The van der Waals surface area contributed by atoms with Gasteiger partial charge < -0.3 is 4.90 Å². The van der Waals surface area contributed by atoms with Gasteiger partial charge in [0.15, 0.2) is 0 Å². The average Bonchev–Trinajstić information content (AvgIpc) is 3.37. The Hall–Kier alpha value is -2.95. The molecule has 1 aromatic heterocycles. The summed E-state index contributed by atoms with van der Waals surface area (Å²) in [6.45, 7) is 7.15. The predicted molar refractivity (Wildman–Crippen MR) is 133 cm³/mol. The first-order valence-corrected chi connectivity index (χ1v) is 12.4. The molecule has 1 unspecified atom stereocenters. The van der Waals surface area contributed by atoms with Crippen molar-refractivity contribution in [3.05, 3.63) is 70.8 Å². The van der Waals surface area contributed by atoms with Crippen molar-refractivity contribution in [1.82, 2.24) is 14.5 Å². The van der Waals surface area contributed by atoms with Gasteiger partial charge in [0.05, 0.1) is 22.6 Å². The van der Waals surface area contributed by atoms with Crippen LogP contribution >= 0.6 is 0 Å². The fourth-order valence-corrected chi connectivity index (χ4v) is 4.97. The van der Waals surface area contributed by atoms with Gasteiger partial charge in [0, 0.05) is 12.5 Å². The predicted octanol–water partition coefficient (Wildman–Crippen LogP) is 5.90. The monoisotopic (exact) mass is 445 g/mol. The molecular weight excluding hydrogens is 410 g/mol. The molecule has 33 heavy (non-hydrogen) atoms. The van der Waals surface area contributed by atoms with Crippen LogP contribution in [0.4, 0.5) is 0 Å². The third-order valence-corrected chi connectivity index (χ3v) is 6.81. The van der Waals surface area contributed by atoms with Crippen molar-refractivity contribution in [2.24, 2.45) is 11.8 Å².